The van der Waals surface area contributed by atoms with E-state index in [0.717, 1.165) is 5.56 Å². The quantitative estimate of drug-likeness (QED) is 0.666. The van der Waals surface area contributed by atoms with Crippen LogP contribution in [-0.4, -0.2) is 19.2 Å². The first-order chi connectivity index (χ1) is 7.72. The van der Waals surface area contributed by atoms with Gasteiger partial charge in [0.05, 0.1) is 6.61 Å². The van der Waals surface area contributed by atoms with Crippen LogP contribution in [0, 0.1) is 0 Å². The Morgan fingerprint density at radius 2 is 1.62 bits per heavy atom. The average molecular weight is 224 g/mol. The van der Waals surface area contributed by atoms with Crippen molar-refractivity contribution in [2.24, 2.45) is 0 Å². The molecule has 1 rings (SSSR count). The van der Waals surface area contributed by atoms with E-state index in [1.54, 1.807) is 0 Å². The van der Waals surface area contributed by atoms with E-state index in [4.69, 9.17) is 14.2 Å². The summed E-state index contributed by atoms with van der Waals surface area (Å²) in [6.07, 6.45) is -0.488. The van der Waals surface area contributed by atoms with Gasteiger partial charge in [0.15, 0.2) is 12.6 Å². The summed E-state index contributed by atoms with van der Waals surface area (Å²) in [6.45, 7) is 6.88. The van der Waals surface area contributed by atoms with Gasteiger partial charge in [-0.25, -0.2) is 0 Å². The highest BCUT2D eigenvalue weighted by atomic mass is 16.8. The molecule has 0 spiro atoms. The van der Waals surface area contributed by atoms with Gasteiger partial charge in [0, 0.05) is 6.61 Å². The molecule has 0 aromatic heterocycles. The Morgan fingerprint density at radius 1 is 1.00 bits per heavy atom. The van der Waals surface area contributed by atoms with E-state index in [9.17, 15) is 0 Å². The fourth-order valence-electron chi connectivity index (χ4n) is 1.37. The lowest BCUT2D eigenvalue weighted by Crippen LogP contribution is -2.22. The molecule has 0 aliphatic carbocycles. The third-order valence-corrected chi connectivity index (χ3v) is 2.11. The highest BCUT2D eigenvalue weighted by molar-refractivity contribution is 5.13. The second-order valence-corrected chi connectivity index (χ2v) is 3.52. The molecule has 0 aliphatic rings. The van der Waals surface area contributed by atoms with E-state index in [0.29, 0.717) is 13.2 Å². The fraction of sp³-hybridized carbons (Fsp3) is 0.538. The monoisotopic (exact) mass is 224 g/mol. The molecule has 0 aliphatic heterocycles. The molecule has 0 saturated carbocycles. The lowest BCUT2D eigenvalue weighted by Gasteiger charge is -2.19. The maximum atomic E-state index is 5.54. The standard InChI is InChI=1S/C13H20O3/c1-4-14-11(2)16-12(3)15-10-13-8-6-5-7-9-13/h5-9,11-12H,4,10H2,1-3H3. The molecule has 0 amide bonds. The highest BCUT2D eigenvalue weighted by Gasteiger charge is 2.08. The molecule has 1 aromatic carbocycles. The van der Waals surface area contributed by atoms with Crippen LogP contribution in [0.5, 0.6) is 0 Å². The molecule has 2 atom stereocenters. The van der Waals surface area contributed by atoms with Gasteiger partial charge in [-0.05, 0) is 26.3 Å². The van der Waals surface area contributed by atoms with Gasteiger partial charge in [0.1, 0.15) is 0 Å². The van der Waals surface area contributed by atoms with Crippen LogP contribution in [0.1, 0.15) is 26.3 Å². The minimum absolute atomic E-state index is 0.226. The zero-order chi connectivity index (χ0) is 11.8. The first-order valence-electron chi connectivity index (χ1n) is 5.65. The summed E-state index contributed by atoms with van der Waals surface area (Å²) in [7, 11) is 0. The lowest BCUT2D eigenvalue weighted by atomic mass is 10.2. The molecule has 0 fully saturated rings. The van der Waals surface area contributed by atoms with Gasteiger partial charge < -0.3 is 14.2 Å². The normalized spacial score (nSPS) is 14.7. The molecule has 3 heteroatoms. The van der Waals surface area contributed by atoms with Crippen molar-refractivity contribution in [3.63, 3.8) is 0 Å². The third kappa shape index (κ3) is 5.26. The Balaban J connectivity index is 2.22. The SMILES string of the molecule is CCOC(C)OC(C)OCc1ccccc1. The van der Waals surface area contributed by atoms with Gasteiger partial charge in [0.2, 0.25) is 0 Å². The van der Waals surface area contributed by atoms with Crippen molar-refractivity contribution in [2.45, 2.75) is 40.0 Å². The first-order valence-corrected chi connectivity index (χ1v) is 5.65. The summed E-state index contributed by atoms with van der Waals surface area (Å²) in [5.41, 5.74) is 1.14. The van der Waals surface area contributed by atoms with Gasteiger partial charge in [0.25, 0.3) is 0 Å². The zero-order valence-electron chi connectivity index (χ0n) is 10.2. The number of benzene rings is 1. The fourth-order valence-corrected chi connectivity index (χ4v) is 1.37. The van der Waals surface area contributed by atoms with Crippen molar-refractivity contribution in [1.82, 2.24) is 0 Å². The molecule has 0 bridgehead atoms. The Labute approximate surface area is 97.3 Å². The van der Waals surface area contributed by atoms with Gasteiger partial charge in [-0.2, -0.15) is 0 Å². The van der Waals surface area contributed by atoms with Crippen molar-refractivity contribution in [1.29, 1.82) is 0 Å². The topological polar surface area (TPSA) is 27.7 Å². The summed E-state index contributed by atoms with van der Waals surface area (Å²) < 4.78 is 16.3. The van der Waals surface area contributed by atoms with Crippen LogP contribution < -0.4 is 0 Å². The van der Waals surface area contributed by atoms with Crippen molar-refractivity contribution in [2.75, 3.05) is 6.61 Å². The number of hydrogen-bond acceptors (Lipinski definition) is 3. The third-order valence-electron chi connectivity index (χ3n) is 2.11. The van der Waals surface area contributed by atoms with Crippen LogP contribution in [0.4, 0.5) is 0 Å². The van der Waals surface area contributed by atoms with E-state index in [1.165, 1.54) is 0 Å². The van der Waals surface area contributed by atoms with E-state index < -0.39 is 0 Å². The molecule has 1 aromatic rings. The van der Waals surface area contributed by atoms with E-state index in [-0.39, 0.29) is 12.6 Å². The highest BCUT2D eigenvalue weighted by Crippen LogP contribution is 2.06. The molecule has 0 saturated heterocycles. The van der Waals surface area contributed by atoms with Crippen molar-refractivity contribution < 1.29 is 14.2 Å². The van der Waals surface area contributed by atoms with Crippen LogP contribution in [0.15, 0.2) is 30.3 Å². The predicted octanol–water partition coefficient (Wildman–Crippen LogP) is 2.95. The Morgan fingerprint density at radius 3 is 2.25 bits per heavy atom. The smallest absolute Gasteiger partial charge is 0.158 e. The van der Waals surface area contributed by atoms with Crippen LogP contribution in [0.25, 0.3) is 0 Å². The summed E-state index contributed by atoms with van der Waals surface area (Å²) in [6, 6.07) is 10.0. The molecule has 0 heterocycles. The van der Waals surface area contributed by atoms with Gasteiger partial charge >= 0.3 is 0 Å². The molecule has 90 valence electrons. The van der Waals surface area contributed by atoms with Crippen molar-refractivity contribution in [3.8, 4) is 0 Å². The summed E-state index contributed by atoms with van der Waals surface area (Å²) in [4.78, 5) is 0. The molecule has 2 unspecified atom stereocenters. The molecular formula is C13H20O3. The summed E-state index contributed by atoms with van der Waals surface area (Å²) in [5.74, 6) is 0. The van der Waals surface area contributed by atoms with Gasteiger partial charge in [-0.1, -0.05) is 30.3 Å². The Hall–Kier alpha value is -0.900. The Bertz CT molecular complexity index is 274. The maximum Gasteiger partial charge on any atom is 0.158 e. The molecular weight excluding hydrogens is 204 g/mol. The van der Waals surface area contributed by atoms with Crippen LogP contribution in [0.3, 0.4) is 0 Å². The van der Waals surface area contributed by atoms with E-state index in [1.807, 2.05) is 51.1 Å². The van der Waals surface area contributed by atoms with Crippen molar-refractivity contribution >= 4 is 0 Å². The molecule has 0 N–H and O–H groups in total. The number of ether oxygens (including phenoxy) is 3. The van der Waals surface area contributed by atoms with E-state index in [2.05, 4.69) is 0 Å². The largest absolute Gasteiger partial charge is 0.353 e. The summed E-state index contributed by atoms with van der Waals surface area (Å²) in [5, 5.41) is 0. The second-order valence-electron chi connectivity index (χ2n) is 3.52. The molecule has 0 radical (unpaired) electrons. The minimum Gasteiger partial charge on any atom is -0.353 e. The molecule has 3 nitrogen and oxygen atoms in total. The van der Waals surface area contributed by atoms with E-state index >= 15 is 0 Å². The van der Waals surface area contributed by atoms with Crippen molar-refractivity contribution in [3.05, 3.63) is 35.9 Å². The maximum absolute atomic E-state index is 5.54. The lowest BCUT2D eigenvalue weighted by molar-refractivity contribution is -0.233. The predicted molar refractivity (Wildman–Crippen MR) is 62.9 cm³/mol. The first kappa shape index (κ1) is 13.2. The summed E-state index contributed by atoms with van der Waals surface area (Å²) >= 11 is 0. The number of hydrogen-bond donors (Lipinski definition) is 0. The number of rotatable bonds is 7. The average Bonchev–Trinajstić information content (AvgIpc) is 2.28. The van der Waals surface area contributed by atoms with Gasteiger partial charge in [-0.15, -0.1) is 0 Å². The minimum atomic E-state index is -0.262. The second kappa shape index (κ2) is 7.39. The zero-order valence-corrected chi connectivity index (χ0v) is 10.2. The van der Waals surface area contributed by atoms with Gasteiger partial charge in [-0.3, -0.25) is 0 Å². The van der Waals surface area contributed by atoms with Crippen LogP contribution >= 0.6 is 0 Å². The van der Waals surface area contributed by atoms with Crippen LogP contribution in [-0.2, 0) is 20.8 Å². The Kier molecular flexibility index (Phi) is 6.08. The molecule has 16 heavy (non-hydrogen) atoms. The van der Waals surface area contributed by atoms with Crippen LogP contribution in [0.2, 0.25) is 0 Å².